The summed E-state index contributed by atoms with van der Waals surface area (Å²) < 4.78 is 6.53. The Morgan fingerprint density at radius 2 is 1.88 bits per heavy atom. The summed E-state index contributed by atoms with van der Waals surface area (Å²) in [5.41, 5.74) is 5.33. The third-order valence-electron chi connectivity index (χ3n) is 6.97. The van der Waals surface area contributed by atoms with Crippen molar-refractivity contribution in [1.82, 2.24) is 10.2 Å². The largest absolute Gasteiger partial charge is 0.389 e. The monoisotopic (exact) mass is 472 g/mol. The Labute approximate surface area is 199 Å². The first-order valence-electron chi connectivity index (χ1n) is 12.7. The molecule has 5 N–H and O–H groups in total. The van der Waals surface area contributed by atoms with E-state index in [1.54, 1.807) is 0 Å². The average molecular weight is 473 g/mol. The number of likely N-dealkylation sites (tertiary alicyclic amines) is 1. The van der Waals surface area contributed by atoms with Gasteiger partial charge in [0.05, 0.1) is 18.9 Å². The minimum absolute atomic E-state index is 0.0152. The van der Waals surface area contributed by atoms with Gasteiger partial charge in [-0.3, -0.25) is 10.3 Å². The Morgan fingerprint density at radius 3 is 2.50 bits per heavy atom. The molecule has 0 bridgehead atoms. The lowest BCUT2D eigenvalue weighted by Gasteiger charge is -2.37. The van der Waals surface area contributed by atoms with Gasteiger partial charge in [-0.2, -0.15) is 11.8 Å². The average Bonchev–Trinajstić information content (AvgIpc) is 3.31. The van der Waals surface area contributed by atoms with Crippen molar-refractivity contribution >= 4 is 18.5 Å². The highest BCUT2D eigenvalue weighted by Gasteiger charge is 2.30. The number of ether oxygens (including phenoxy) is 1. The van der Waals surface area contributed by atoms with Crippen molar-refractivity contribution in [3.63, 3.8) is 0 Å². The molecule has 1 saturated heterocycles. The van der Waals surface area contributed by atoms with Crippen LogP contribution in [0, 0.1) is 11.8 Å². The molecule has 0 amide bonds. The summed E-state index contributed by atoms with van der Waals surface area (Å²) in [6.07, 6.45) is 8.62. The van der Waals surface area contributed by atoms with Crippen LogP contribution in [0.1, 0.15) is 71.6 Å². The molecular weight excluding hydrogens is 424 g/mol. The lowest BCUT2D eigenvalue weighted by Crippen LogP contribution is -2.44. The van der Waals surface area contributed by atoms with Crippen molar-refractivity contribution in [2.75, 3.05) is 31.3 Å². The fourth-order valence-corrected chi connectivity index (χ4v) is 6.04. The number of nitrogens with one attached hydrogen (secondary N) is 1. The first kappa shape index (κ1) is 28.0. The Balaban J connectivity index is 1.65. The van der Waals surface area contributed by atoms with Gasteiger partial charge in [-0.25, -0.2) is 0 Å². The van der Waals surface area contributed by atoms with Crippen LogP contribution in [0.15, 0.2) is 4.99 Å². The first-order valence-corrected chi connectivity index (χ1v) is 13.8. The van der Waals surface area contributed by atoms with Crippen molar-refractivity contribution in [2.24, 2.45) is 22.6 Å². The van der Waals surface area contributed by atoms with Crippen LogP contribution in [0.4, 0.5) is 0 Å². The van der Waals surface area contributed by atoms with Gasteiger partial charge in [-0.1, -0.05) is 13.8 Å². The fourth-order valence-electron chi connectivity index (χ4n) is 4.96. The molecule has 188 valence electrons. The molecule has 0 spiro atoms. The standard InChI is InChI=1S/C24H48N4O3S/c1-18(15-22(29)23(25)30)7-6-14-32-16-19(2)24(27-17-26-3)31-21-10-8-20(9-11-21)28-12-4-5-13-28/h18-24,27,29-30H,3-17,25H2,1-2H3/t18-,19?,20?,21?,22-,23-,24-/m1/s1. The lowest BCUT2D eigenvalue weighted by atomic mass is 9.92. The topological polar surface area (TPSA) is 103 Å². The molecule has 2 fully saturated rings. The zero-order valence-corrected chi connectivity index (χ0v) is 21.1. The van der Waals surface area contributed by atoms with E-state index in [2.05, 4.69) is 35.8 Å². The van der Waals surface area contributed by atoms with Gasteiger partial charge < -0.3 is 25.6 Å². The van der Waals surface area contributed by atoms with Crippen molar-refractivity contribution in [3.8, 4) is 0 Å². The highest BCUT2D eigenvalue weighted by molar-refractivity contribution is 7.99. The maximum Gasteiger partial charge on any atom is 0.128 e. The highest BCUT2D eigenvalue weighted by Crippen LogP contribution is 2.29. The Morgan fingerprint density at radius 1 is 1.19 bits per heavy atom. The first-order chi connectivity index (χ1) is 15.4. The molecule has 2 rings (SSSR count). The normalized spacial score (nSPS) is 27.0. The minimum atomic E-state index is -1.14. The van der Waals surface area contributed by atoms with Crippen LogP contribution in [0.25, 0.3) is 0 Å². The molecule has 0 aromatic heterocycles. The third-order valence-corrected chi connectivity index (χ3v) is 8.30. The number of aliphatic hydroxyl groups is 2. The molecule has 1 saturated carbocycles. The molecule has 32 heavy (non-hydrogen) atoms. The predicted molar refractivity (Wildman–Crippen MR) is 135 cm³/mol. The van der Waals surface area contributed by atoms with Gasteiger partial charge in [0.15, 0.2) is 0 Å². The van der Waals surface area contributed by atoms with Crippen LogP contribution in [0.2, 0.25) is 0 Å². The van der Waals surface area contributed by atoms with Crippen LogP contribution in [-0.2, 0) is 4.74 Å². The number of rotatable bonds is 16. The zero-order valence-electron chi connectivity index (χ0n) is 20.3. The lowest BCUT2D eigenvalue weighted by molar-refractivity contribution is -0.0729. The Kier molecular flexibility index (Phi) is 13.7. The van der Waals surface area contributed by atoms with E-state index in [0.29, 0.717) is 31.0 Å². The van der Waals surface area contributed by atoms with Gasteiger partial charge in [0.25, 0.3) is 0 Å². The molecule has 8 heteroatoms. The van der Waals surface area contributed by atoms with Crippen LogP contribution >= 0.6 is 11.8 Å². The van der Waals surface area contributed by atoms with Crippen LogP contribution in [0.5, 0.6) is 0 Å². The smallest absolute Gasteiger partial charge is 0.128 e. The van der Waals surface area contributed by atoms with Crippen LogP contribution in [0.3, 0.4) is 0 Å². The van der Waals surface area contributed by atoms with Gasteiger partial charge in [0, 0.05) is 12.0 Å². The molecule has 1 heterocycles. The molecule has 1 aliphatic carbocycles. The van der Waals surface area contributed by atoms with E-state index in [1.807, 2.05) is 11.8 Å². The number of aliphatic hydroxyl groups excluding tert-OH is 2. The molecule has 1 aliphatic heterocycles. The summed E-state index contributed by atoms with van der Waals surface area (Å²) >= 11 is 1.96. The summed E-state index contributed by atoms with van der Waals surface area (Å²) in [5, 5.41) is 22.4. The van der Waals surface area contributed by atoms with Gasteiger partial charge in [0.1, 0.15) is 12.5 Å². The third kappa shape index (κ3) is 10.4. The minimum Gasteiger partial charge on any atom is -0.389 e. The van der Waals surface area contributed by atoms with Gasteiger partial charge >= 0.3 is 0 Å². The van der Waals surface area contributed by atoms with E-state index >= 15 is 0 Å². The fraction of sp³-hybridized carbons (Fsp3) is 0.958. The summed E-state index contributed by atoms with van der Waals surface area (Å²) in [7, 11) is 0. The van der Waals surface area contributed by atoms with Gasteiger partial charge in [-0.05, 0) is 95.0 Å². The number of hydrogen-bond donors (Lipinski definition) is 4. The maximum absolute atomic E-state index is 9.69. The molecule has 0 aromatic carbocycles. The van der Waals surface area contributed by atoms with Crippen molar-refractivity contribution in [3.05, 3.63) is 0 Å². The molecular formula is C24H48N4O3S. The van der Waals surface area contributed by atoms with E-state index < -0.39 is 12.3 Å². The molecule has 5 atom stereocenters. The number of nitrogens with two attached hydrogens (primary N) is 1. The number of aliphatic imine (C=N–C) groups is 1. The predicted octanol–water partition coefficient (Wildman–Crippen LogP) is 2.80. The molecule has 1 unspecified atom stereocenters. The molecule has 0 aromatic rings. The number of thioether (sulfide) groups is 1. The van der Waals surface area contributed by atoms with Gasteiger partial charge in [0.2, 0.25) is 0 Å². The Bertz CT molecular complexity index is 500. The van der Waals surface area contributed by atoms with E-state index in [1.165, 1.54) is 38.8 Å². The Hall–Kier alpha value is -0.220. The van der Waals surface area contributed by atoms with E-state index in [0.717, 1.165) is 43.2 Å². The molecule has 0 radical (unpaired) electrons. The van der Waals surface area contributed by atoms with E-state index in [-0.39, 0.29) is 6.23 Å². The van der Waals surface area contributed by atoms with Crippen molar-refractivity contribution < 1.29 is 14.9 Å². The quantitative estimate of drug-likeness (QED) is 0.156. The number of nitrogens with zero attached hydrogens (tertiary/aromatic N) is 2. The van der Waals surface area contributed by atoms with Crippen molar-refractivity contribution in [1.29, 1.82) is 0 Å². The SMILES string of the molecule is C=NCN[C@H](OC1CCC(N2CCCC2)CC1)C(C)CSCCC[C@@H](C)C[C@@H](O)[C@H](N)O. The number of hydrogen-bond acceptors (Lipinski definition) is 8. The second-order valence-electron chi connectivity index (χ2n) is 9.91. The summed E-state index contributed by atoms with van der Waals surface area (Å²) in [6, 6.07) is 0.767. The van der Waals surface area contributed by atoms with Crippen LogP contribution < -0.4 is 11.1 Å². The second-order valence-corrected chi connectivity index (χ2v) is 11.1. The zero-order chi connectivity index (χ0) is 23.3. The van der Waals surface area contributed by atoms with Crippen LogP contribution in [-0.4, -0.2) is 83.8 Å². The highest BCUT2D eigenvalue weighted by atomic mass is 32.2. The summed E-state index contributed by atoms with van der Waals surface area (Å²) in [6.45, 7) is 11.1. The molecule has 7 nitrogen and oxygen atoms in total. The summed E-state index contributed by atoms with van der Waals surface area (Å²) in [5.74, 6) is 2.87. The van der Waals surface area contributed by atoms with E-state index in [9.17, 15) is 10.2 Å². The second kappa shape index (κ2) is 15.6. The van der Waals surface area contributed by atoms with Gasteiger partial charge in [-0.15, -0.1) is 0 Å². The molecule has 2 aliphatic rings. The maximum atomic E-state index is 9.69. The summed E-state index contributed by atoms with van der Waals surface area (Å²) in [4.78, 5) is 6.67. The van der Waals surface area contributed by atoms with Crippen molar-refractivity contribution in [2.45, 2.75) is 102 Å². The van der Waals surface area contributed by atoms with E-state index in [4.69, 9.17) is 10.5 Å².